The average Bonchev–Trinajstić information content (AvgIpc) is 2.33. The molecule has 6 heteroatoms. The molecular weight excluding hydrogens is 248 g/mol. The molecule has 0 unspecified atom stereocenters. The van der Waals surface area contributed by atoms with Gasteiger partial charge in [0.2, 0.25) is 6.41 Å². The minimum absolute atomic E-state index is 0.216. The van der Waals surface area contributed by atoms with Crippen LogP contribution in [0.2, 0.25) is 0 Å². The molecule has 0 aliphatic carbocycles. The molecule has 1 rings (SSSR count). The molecule has 0 bridgehead atoms. The van der Waals surface area contributed by atoms with Gasteiger partial charge >= 0.3 is 6.09 Å². The molecule has 19 heavy (non-hydrogen) atoms. The number of imide groups is 1. The first-order valence-electron chi connectivity index (χ1n) is 5.81. The van der Waals surface area contributed by atoms with Crippen LogP contribution in [0.1, 0.15) is 26.3 Å². The lowest BCUT2D eigenvalue weighted by Crippen LogP contribution is -2.44. The Hall–Kier alpha value is -1.92. The number of rotatable bonds is 5. The molecule has 1 aromatic rings. The number of carbonyl (C=O) groups is 2. The van der Waals surface area contributed by atoms with Gasteiger partial charge in [-0.1, -0.05) is 35.9 Å². The van der Waals surface area contributed by atoms with Crippen molar-refractivity contribution < 1.29 is 19.2 Å². The summed E-state index contributed by atoms with van der Waals surface area (Å²) in [4.78, 5) is 27.4. The zero-order valence-electron chi connectivity index (χ0n) is 11.3. The molecule has 0 radical (unpaired) electrons. The highest BCUT2D eigenvalue weighted by Crippen LogP contribution is 2.08. The van der Waals surface area contributed by atoms with Crippen LogP contribution in [-0.2, 0) is 21.0 Å². The monoisotopic (exact) mass is 266 g/mol. The zero-order chi connectivity index (χ0) is 14.3. The van der Waals surface area contributed by atoms with Gasteiger partial charge in [-0.15, -0.1) is 0 Å². The number of hydrazine groups is 1. The van der Waals surface area contributed by atoms with Gasteiger partial charge in [-0.3, -0.25) is 9.63 Å². The van der Waals surface area contributed by atoms with E-state index in [1.165, 1.54) is 0 Å². The number of hydrogen-bond acceptors (Lipinski definition) is 5. The standard InChI is InChI=1S/C13H18N2O4/c1-13(2,3)19-12(17)15(10-16)14-18-9-11-7-5-4-6-8-11/h4-8,10,14H,9H2,1-3H3. The highest BCUT2D eigenvalue weighted by Gasteiger charge is 2.21. The van der Waals surface area contributed by atoms with E-state index in [4.69, 9.17) is 9.57 Å². The normalized spacial score (nSPS) is 10.9. The molecule has 0 aromatic heterocycles. The first-order valence-corrected chi connectivity index (χ1v) is 5.81. The summed E-state index contributed by atoms with van der Waals surface area (Å²) in [6, 6.07) is 9.34. The molecule has 0 aliphatic rings. The predicted octanol–water partition coefficient (Wildman–Crippen LogP) is 2.02. The van der Waals surface area contributed by atoms with Gasteiger partial charge in [-0.2, -0.15) is 5.01 Å². The van der Waals surface area contributed by atoms with Gasteiger partial charge in [0, 0.05) is 0 Å². The lowest BCUT2D eigenvalue weighted by molar-refractivity contribution is -0.138. The largest absolute Gasteiger partial charge is 0.442 e. The summed E-state index contributed by atoms with van der Waals surface area (Å²) in [6.45, 7) is 5.34. The second-order valence-corrected chi connectivity index (χ2v) is 4.82. The van der Waals surface area contributed by atoms with Crippen LogP contribution in [0, 0.1) is 0 Å². The summed E-state index contributed by atoms with van der Waals surface area (Å²) in [6.07, 6.45) is -0.533. The van der Waals surface area contributed by atoms with Crippen molar-refractivity contribution >= 4 is 12.5 Å². The average molecular weight is 266 g/mol. The van der Waals surface area contributed by atoms with E-state index in [2.05, 4.69) is 5.59 Å². The Kier molecular flexibility index (Phi) is 5.47. The van der Waals surface area contributed by atoms with Crippen molar-refractivity contribution in [1.82, 2.24) is 10.6 Å². The van der Waals surface area contributed by atoms with Crippen LogP contribution in [0.5, 0.6) is 0 Å². The van der Waals surface area contributed by atoms with Crippen molar-refractivity contribution in [2.45, 2.75) is 33.0 Å². The number of amides is 2. The van der Waals surface area contributed by atoms with Crippen LogP contribution in [0.15, 0.2) is 30.3 Å². The Morgan fingerprint density at radius 1 is 1.32 bits per heavy atom. The number of carbonyl (C=O) groups excluding carboxylic acids is 2. The summed E-state index contributed by atoms with van der Waals surface area (Å²) >= 11 is 0. The lowest BCUT2D eigenvalue weighted by Gasteiger charge is -2.23. The highest BCUT2D eigenvalue weighted by molar-refractivity contribution is 5.79. The second-order valence-electron chi connectivity index (χ2n) is 4.82. The number of ether oxygens (including phenoxy) is 1. The summed E-state index contributed by atoms with van der Waals surface area (Å²) < 4.78 is 5.01. The van der Waals surface area contributed by atoms with E-state index >= 15 is 0 Å². The third-order valence-corrected chi connectivity index (χ3v) is 1.94. The van der Waals surface area contributed by atoms with Crippen molar-refractivity contribution in [3.63, 3.8) is 0 Å². The van der Waals surface area contributed by atoms with Gasteiger partial charge in [-0.05, 0) is 26.3 Å². The number of hydrogen-bond donors (Lipinski definition) is 1. The van der Waals surface area contributed by atoms with Gasteiger partial charge in [0.1, 0.15) is 5.60 Å². The van der Waals surface area contributed by atoms with Gasteiger partial charge in [0.05, 0.1) is 6.61 Å². The SMILES string of the molecule is CC(C)(C)OC(=O)N(C=O)NOCc1ccccc1. The molecule has 1 N–H and O–H groups in total. The molecule has 0 saturated carbocycles. The summed E-state index contributed by atoms with van der Waals surface area (Å²) in [5.41, 5.74) is 2.46. The maximum absolute atomic E-state index is 11.6. The van der Waals surface area contributed by atoms with Crippen LogP contribution in [0.25, 0.3) is 0 Å². The molecule has 0 saturated heterocycles. The van der Waals surface area contributed by atoms with Gasteiger partial charge < -0.3 is 4.74 Å². The molecule has 1 aromatic carbocycles. The summed E-state index contributed by atoms with van der Waals surface area (Å²) in [7, 11) is 0. The summed E-state index contributed by atoms with van der Waals surface area (Å²) in [5, 5.41) is 0.605. The third kappa shape index (κ3) is 5.98. The van der Waals surface area contributed by atoms with E-state index < -0.39 is 11.7 Å². The molecular formula is C13H18N2O4. The molecule has 6 nitrogen and oxygen atoms in total. The van der Waals surface area contributed by atoms with Gasteiger partial charge in [0.25, 0.3) is 0 Å². The minimum atomic E-state index is -0.824. The zero-order valence-corrected chi connectivity index (χ0v) is 11.3. The third-order valence-electron chi connectivity index (χ3n) is 1.94. The van der Waals surface area contributed by atoms with E-state index in [0.29, 0.717) is 11.4 Å². The lowest BCUT2D eigenvalue weighted by atomic mass is 10.2. The smallest absolute Gasteiger partial charge is 0.433 e. The number of nitrogens with one attached hydrogen (secondary N) is 1. The quantitative estimate of drug-likeness (QED) is 0.652. The van der Waals surface area contributed by atoms with Crippen molar-refractivity contribution in [1.29, 1.82) is 0 Å². The molecule has 0 spiro atoms. The summed E-state index contributed by atoms with van der Waals surface area (Å²) in [5.74, 6) is 0. The molecule has 0 heterocycles. The van der Waals surface area contributed by atoms with Crippen molar-refractivity contribution in [3.8, 4) is 0 Å². The fraction of sp³-hybridized carbons (Fsp3) is 0.385. The van der Waals surface area contributed by atoms with E-state index in [1.54, 1.807) is 20.8 Å². The topological polar surface area (TPSA) is 67.9 Å². The highest BCUT2D eigenvalue weighted by atomic mass is 16.7. The fourth-order valence-corrected chi connectivity index (χ4v) is 1.17. The molecule has 104 valence electrons. The van der Waals surface area contributed by atoms with Crippen molar-refractivity contribution in [2.24, 2.45) is 0 Å². The van der Waals surface area contributed by atoms with E-state index in [-0.39, 0.29) is 6.61 Å². The first kappa shape index (κ1) is 15.1. The molecule has 2 amide bonds. The van der Waals surface area contributed by atoms with Crippen LogP contribution in [0.3, 0.4) is 0 Å². The van der Waals surface area contributed by atoms with Crippen LogP contribution in [0.4, 0.5) is 4.79 Å². The van der Waals surface area contributed by atoms with E-state index in [1.807, 2.05) is 30.3 Å². The Balaban J connectivity index is 2.41. The second kappa shape index (κ2) is 6.86. The van der Waals surface area contributed by atoms with Crippen LogP contribution in [-0.4, -0.2) is 23.1 Å². The maximum atomic E-state index is 11.6. The van der Waals surface area contributed by atoms with E-state index in [9.17, 15) is 9.59 Å². The Morgan fingerprint density at radius 2 is 1.95 bits per heavy atom. The minimum Gasteiger partial charge on any atom is -0.442 e. The molecule has 0 fully saturated rings. The fourth-order valence-electron chi connectivity index (χ4n) is 1.17. The number of benzene rings is 1. The van der Waals surface area contributed by atoms with Gasteiger partial charge in [0.15, 0.2) is 0 Å². The number of nitrogens with zero attached hydrogens (tertiary/aromatic N) is 1. The van der Waals surface area contributed by atoms with Crippen molar-refractivity contribution in [2.75, 3.05) is 0 Å². The Morgan fingerprint density at radius 3 is 2.47 bits per heavy atom. The Bertz CT molecular complexity index is 414. The molecule has 0 aliphatic heterocycles. The van der Waals surface area contributed by atoms with Crippen LogP contribution >= 0.6 is 0 Å². The van der Waals surface area contributed by atoms with Crippen LogP contribution < -0.4 is 5.59 Å². The first-order chi connectivity index (χ1) is 8.92. The van der Waals surface area contributed by atoms with E-state index in [0.717, 1.165) is 5.56 Å². The predicted molar refractivity (Wildman–Crippen MR) is 68.5 cm³/mol. The van der Waals surface area contributed by atoms with Gasteiger partial charge in [-0.25, -0.2) is 4.79 Å². The van der Waals surface area contributed by atoms with Crippen molar-refractivity contribution in [3.05, 3.63) is 35.9 Å². The maximum Gasteiger partial charge on any atom is 0.433 e. The molecule has 0 atom stereocenters. The Labute approximate surface area is 112 Å².